The van der Waals surface area contributed by atoms with E-state index in [1.165, 1.54) is 4.31 Å². The first-order valence-electron chi connectivity index (χ1n) is 6.55. The van der Waals surface area contributed by atoms with E-state index in [1.54, 1.807) is 18.2 Å². The topological polar surface area (TPSA) is 66.8 Å². The fourth-order valence-electron chi connectivity index (χ4n) is 2.39. The summed E-state index contributed by atoms with van der Waals surface area (Å²) in [5.41, 5.74) is 0. The third-order valence-corrected chi connectivity index (χ3v) is 5.79. The molecule has 0 aromatic heterocycles. The van der Waals surface area contributed by atoms with Crippen molar-refractivity contribution in [3.8, 4) is 5.75 Å². The standard InChI is InChI=1S/C13H18BrNO4S/c1-2-19-12-6-5-10(14)8-13(12)20(17,18)15-7-3-4-11(15)9-16/h5-6,8,11,16H,2-4,7,9H2,1H3/t11-/m1/s1. The number of rotatable bonds is 5. The lowest BCUT2D eigenvalue weighted by Crippen LogP contribution is -2.37. The Morgan fingerprint density at radius 2 is 2.25 bits per heavy atom. The molecule has 0 bridgehead atoms. The minimum absolute atomic E-state index is 0.147. The quantitative estimate of drug-likeness (QED) is 0.868. The highest BCUT2D eigenvalue weighted by molar-refractivity contribution is 9.10. The molecule has 1 aromatic carbocycles. The number of hydrogen-bond donors (Lipinski definition) is 1. The molecule has 0 amide bonds. The molecular formula is C13H18BrNO4S. The van der Waals surface area contributed by atoms with E-state index in [1.807, 2.05) is 6.92 Å². The summed E-state index contributed by atoms with van der Waals surface area (Å²) in [6, 6.07) is 4.60. The fourth-order valence-corrected chi connectivity index (χ4v) is 4.75. The van der Waals surface area contributed by atoms with Gasteiger partial charge in [0.15, 0.2) is 0 Å². The molecule has 0 spiro atoms. The smallest absolute Gasteiger partial charge is 0.247 e. The highest BCUT2D eigenvalue weighted by atomic mass is 79.9. The van der Waals surface area contributed by atoms with E-state index in [9.17, 15) is 13.5 Å². The van der Waals surface area contributed by atoms with Crippen molar-refractivity contribution in [2.24, 2.45) is 0 Å². The van der Waals surface area contributed by atoms with Crippen LogP contribution in [0.2, 0.25) is 0 Å². The van der Waals surface area contributed by atoms with E-state index in [4.69, 9.17) is 4.74 Å². The molecule has 0 saturated carbocycles. The SMILES string of the molecule is CCOc1ccc(Br)cc1S(=O)(=O)N1CCC[C@@H]1CO. The van der Waals surface area contributed by atoms with Gasteiger partial charge in [-0.3, -0.25) is 0 Å². The Hall–Kier alpha value is -0.630. The summed E-state index contributed by atoms with van der Waals surface area (Å²) < 4.78 is 33.0. The Labute approximate surface area is 127 Å². The molecule has 2 rings (SSSR count). The number of sulfonamides is 1. The minimum atomic E-state index is -3.66. The zero-order chi connectivity index (χ0) is 14.8. The van der Waals surface area contributed by atoms with E-state index < -0.39 is 10.0 Å². The van der Waals surface area contributed by atoms with Gasteiger partial charge in [0.05, 0.1) is 13.2 Å². The molecule has 1 heterocycles. The molecule has 0 radical (unpaired) electrons. The van der Waals surface area contributed by atoms with Gasteiger partial charge in [-0.1, -0.05) is 15.9 Å². The zero-order valence-electron chi connectivity index (χ0n) is 11.3. The van der Waals surface area contributed by atoms with Crippen LogP contribution in [0.15, 0.2) is 27.6 Å². The predicted octanol–water partition coefficient (Wildman–Crippen LogP) is 1.99. The Morgan fingerprint density at radius 1 is 1.50 bits per heavy atom. The van der Waals surface area contributed by atoms with Crippen molar-refractivity contribution in [3.63, 3.8) is 0 Å². The molecular weight excluding hydrogens is 346 g/mol. The predicted molar refractivity (Wildman–Crippen MR) is 79.3 cm³/mol. The summed E-state index contributed by atoms with van der Waals surface area (Å²) in [6.07, 6.45) is 1.45. The van der Waals surface area contributed by atoms with E-state index in [0.29, 0.717) is 29.8 Å². The van der Waals surface area contributed by atoms with Crippen LogP contribution in [0.4, 0.5) is 0 Å². The number of halogens is 1. The summed E-state index contributed by atoms with van der Waals surface area (Å²) in [5, 5.41) is 9.33. The van der Waals surface area contributed by atoms with Gasteiger partial charge in [-0.25, -0.2) is 8.42 Å². The van der Waals surface area contributed by atoms with Crippen LogP contribution in [-0.4, -0.2) is 43.6 Å². The van der Waals surface area contributed by atoms with Gasteiger partial charge in [0.2, 0.25) is 10.0 Å². The second-order valence-corrected chi connectivity index (χ2v) is 7.39. The Morgan fingerprint density at radius 3 is 2.90 bits per heavy atom. The van der Waals surface area contributed by atoms with Gasteiger partial charge in [0, 0.05) is 17.1 Å². The van der Waals surface area contributed by atoms with Gasteiger partial charge in [-0.2, -0.15) is 4.31 Å². The van der Waals surface area contributed by atoms with Crippen molar-refractivity contribution >= 4 is 26.0 Å². The Kier molecular flexibility index (Phi) is 5.06. The molecule has 1 aromatic rings. The maximum Gasteiger partial charge on any atom is 0.247 e. The summed E-state index contributed by atoms with van der Waals surface area (Å²) in [4.78, 5) is 0.147. The van der Waals surface area contributed by atoms with Crippen molar-refractivity contribution in [1.82, 2.24) is 4.31 Å². The lowest BCUT2D eigenvalue weighted by Gasteiger charge is -2.23. The van der Waals surface area contributed by atoms with Crippen molar-refractivity contribution < 1.29 is 18.3 Å². The van der Waals surface area contributed by atoms with Crippen molar-refractivity contribution in [2.45, 2.75) is 30.7 Å². The van der Waals surface area contributed by atoms with Crippen molar-refractivity contribution in [1.29, 1.82) is 0 Å². The second-order valence-electron chi connectivity index (χ2n) is 4.62. The van der Waals surface area contributed by atoms with Crippen LogP contribution in [0.1, 0.15) is 19.8 Å². The van der Waals surface area contributed by atoms with E-state index in [-0.39, 0.29) is 17.5 Å². The van der Waals surface area contributed by atoms with Gasteiger partial charge in [0.25, 0.3) is 0 Å². The molecule has 7 heteroatoms. The van der Waals surface area contributed by atoms with Gasteiger partial charge in [0.1, 0.15) is 10.6 Å². The molecule has 0 unspecified atom stereocenters. The summed E-state index contributed by atoms with van der Waals surface area (Å²) in [5.74, 6) is 0.347. The monoisotopic (exact) mass is 363 g/mol. The Balaban J connectivity index is 2.45. The van der Waals surface area contributed by atoms with Crippen LogP contribution in [0.25, 0.3) is 0 Å². The fraction of sp³-hybridized carbons (Fsp3) is 0.538. The lowest BCUT2D eigenvalue weighted by atomic mass is 10.2. The summed E-state index contributed by atoms with van der Waals surface area (Å²) in [7, 11) is -3.66. The van der Waals surface area contributed by atoms with Gasteiger partial charge < -0.3 is 9.84 Å². The summed E-state index contributed by atoms with van der Waals surface area (Å²) >= 11 is 3.29. The number of benzene rings is 1. The number of aliphatic hydroxyl groups is 1. The largest absolute Gasteiger partial charge is 0.492 e. The molecule has 1 fully saturated rings. The zero-order valence-corrected chi connectivity index (χ0v) is 13.7. The van der Waals surface area contributed by atoms with Crippen LogP contribution in [-0.2, 0) is 10.0 Å². The van der Waals surface area contributed by atoms with Crippen molar-refractivity contribution in [3.05, 3.63) is 22.7 Å². The normalized spacial score (nSPS) is 20.2. The molecule has 1 aliphatic heterocycles. The van der Waals surface area contributed by atoms with E-state index >= 15 is 0 Å². The number of nitrogens with zero attached hydrogens (tertiary/aromatic N) is 1. The molecule has 0 aliphatic carbocycles. The molecule has 112 valence electrons. The average molecular weight is 364 g/mol. The average Bonchev–Trinajstić information content (AvgIpc) is 2.90. The lowest BCUT2D eigenvalue weighted by molar-refractivity contribution is 0.213. The van der Waals surface area contributed by atoms with Crippen LogP contribution in [0.3, 0.4) is 0 Å². The van der Waals surface area contributed by atoms with Crippen LogP contribution < -0.4 is 4.74 Å². The molecule has 1 saturated heterocycles. The first kappa shape index (κ1) is 15.8. The van der Waals surface area contributed by atoms with Gasteiger partial charge in [-0.15, -0.1) is 0 Å². The van der Waals surface area contributed by atoms with Crippen molar-refractivity contribution in [2.75, 3.05) is 19.8 Å². The third-order valence-electron chi connectivity index (χ3n) is 3.33. The van der Waals surface area contributed by atoms with E-state index in [2.05, 4.69) is 15.9 Å². The minimum Gasteiger partial charge on any atom is -0.492 e. The summed E-state index contributed by atoms with van der Waals surface area (Å²) in [6.45, 7) is 2.49. The third kappa shape index (κ3) is 3.00. The number of aliphatic hydroxyl groups excluding tert-OH is 1. The molecule has 5 nitrogen and oxygen atoms in total. The number of hydrogen-bond acceptors (Lipinski definition) is 4. The maximum absolute atomic E-state index is 12.8. The van der Waals surface area contributed by atoms with Crippen LogP contribution in [0.5, 0.6) is 5.75 Å². The van der Waals surface area contributed by atoms with Gasteiger partial charge in [-0.05, 0) is 38.0 Å². The van der Waals surface area contributed by atoms with Crippen LogP contribution in [0, 0.1) is 0 Å². The molecule has 1 atom stereocenters. The first-order valence-corrected chi connectivity index (χ1v) is 8.79. The second kappa shape index (κ2) is 6.43. The van der Waals surface area contributed by atoms with E-state index in [0.717, 1.165) is 6.42 Å². The highest BCUT2D eigenvalue weighted by Gasteiger charge is 2.36. The Bertz CT molecular complexity index is 576. The molecule has 20 heavy (non-hydrogen) atoms. The van der Waals surface area contributed by atoms with Gasteiger partial charge >= 0.3 is 0 Å². The number of ether oxygens (including phenoxy) is 1. The highest BCUT2D eigenvalue weighted by Crippen LogP contribution is 2.33. The van der Waals surface area contributed by atoms with Crippen LogP contribution >= 0.6 is 15.9 Å². The molecule has 1 N–H and O–H groups in total. The maximum atomic E-state index is 12.8. The first-order chi connectivity index (χ1) is 9.50. The molecule has 1 aliphatic rings.